The average molecular weight is 340 g/mol. The van der Waals surface area contributed by atoms with Crippen molar-refractivity contribution in [2.45, 2.75) is 25.9 Å². The predicted molar refractivity (Wildman–Crippen MR) is 88.3 cm³/mol. The largest absolute Gasteiger partial charge is 0.416 e. The van der Waals surface area contributed by atoms with E-state index in [1.165, 1.54) is 18.2 Å². The van der Waals surface area contributed by atoms with Crippen molar-refractivity contribution in [1.82, 2.24) is 10.2 Å². The Balaban J connectivity index is 2.10. The standard InChI is InChI=1S/C18H23F3N2O/c1-13(15-5-3-4-6-16(15)18(19,20)21)11-17(24)23-9-7-14(8-10-23)12-22-2/h3-6,11,14,22H,7-10,12H2,1-2H3/b13-11-. The number of nitrogens with zero attached hydrogens (tertiary/aromatic N) is 1. The second-order valence-electron chi connectivity index (χ2n) is 6.20. The predicted octanol–water partition coefficient (Wildman–Crippen LogP) is 3.57. The maximum Gasteiger partial charge on any atom is 0.416 e. The van der Waals surface area contributed by atoms with Crippen molar-refractivity contribution >= 4 is 11.5 Å². The van der Waals surface area contributed by atoms with Crippen molar-refractivity contribution in [2.75, 3.05) is 26.7 Å². The highest BCUT2D eigenvalue weighted by molar-refractivity contribution is 5.95. The summed E-state index contributed by atoms with van der Waals surface area (Å²) in [7, 11) is 1.90. The van der Waals surface area contributed by atoms with Gasteiger partial charge in [0, 0.05) is 19.2 Å². The molecule has 24 heavy (non-hydrogen) atoms. The fourth-order valence-electron chi connectivity index (χ4n) is 3.07. The highest BCUT2D eigenvalue weighted by Gasteiger charge is 2.33. The summed E-state index contributed by atoms with van der Waals surface area (Å²) >= 11 is 0. The summed E-state index contributed by atoms with van der Waals surface area (Å²) in [5.41, 5.74) is -0.312. The third-order valence-corrected chi connectivity index (χ3v) is 4.42. The maximum atomic E-state index is 13.1. The van der Waals surface area contributed by atoms with Gasteiger partial charge in [0.15, 0.2) is 0 Å². The monoisotopic (exact) mass is 340 g/mol. The lowest BCUT2D eigenvalue weighted by Crippen LogP contribution is -2.39. The molecule has 0 spiro atoms. The molecular weight excluding hydrogens is 317 g/mol. The number of benzene rings is 1. The molecule has 1 aliphatic rings. The van der Waals surface area contributed by atoms with Gasteiger partial charge in [-0.25, -0.2) is 0 Å². The second kappa shape index (κ2) is 7.83. The van der Waals surface area contributed by atoms with Crippen LogP contribution in [0.4, 0.5) is 13.2 Å². The van der Waals surface area contributed by atoms with Crippen LogP contribution < -0.4 is 5.32 Å². The molecule has 2 rings (SSSR count). The molecule has 132 valence electrons. The minimum Gasteiger partial charge on any atom is -0.339 e. The van der Waals surface area contributed by atoms with Gasteiger partial charge in [-0.15, -0.1) is 0 Å². The zero-order valence-electron chi connectivity index (χ0n) is 14.0. The number of alkyl halides is 3. The SMILES string of the molecule is CNCC1CCN(C(=O)/C=C(/C)c2ccccc2C(F)(F)F)CC1. The fourth-order valence-corrected chi connectivity index (χ4v) is 3.07. The van der Waals surface area contributed by atoms with Crippen LogP contribution in [0.5, 0.6) is 0 Å². The molecule has 1 aromatic carbocycles. The molecule has 1 aliphatic heterocycles. The van der Waals surface area contributed by atoms with Crippen molar-refractivity contribution in [3.63, 3.8) is 0 Å². The zero-order chi connectivity index (χ0) is 17.7. The van der Waals surface area contributed by atoms with Crippen LogP contribution in [0, 0.1) is 5.92 Å². The van der Waals surface area contributed by atoms with Crippen molar-refractivity contribution in [2.24, 2.45) is 5.92 Å². The summed E-state index contributed by atoms with van der Waals surface area (Å²) in [6.45, 7) is 3.78. The summed E-state index contributed by atoms with van der Waals surface area (Å²) in [6, 6.07) is 5.35. The molecule has 1 aromatic rings. The van der Waals surface area contributed by atoms with Gasteiger partial charge in [0.2, 0.25) is 5.91 Å². The molecule has 0 atom stereocenters. The van der Waals surface area contributed by atoms with Crippen molar-refractivity contribution < 1.29 is 18.0 Å². The Morgan fingerprint density at radius 3 is 2.50 bits per heavy atom. The van der Waals surface area contributed by atoms with E-state index in [0.29, 0.717) is 24.6 Å². The molecule has 0 bridgehead atoms. The third kappa shape index (κ3) is 4.60. The number of allylic oxidation sites excluding steroid dienone is 1. The average Bonchev–Trinajstić information content (AvgIpc) is 2.55. The van der Waals surface area contributed by atoms with Crippen LogP contribution in [0.2, 0.25) is 0 Å². The molecule has 1 fully saturated rings. The lowest BCUT2D eigenvalue weighted by atomic mass is 9.96. The Bertz CT molecular complexity index is 603. The highest BCUT2D eigenvalue weighted by atomic mass is 19.4. The first kappa shape index (κ1) is 18.5. The Morgan fingerprint density at radius 1 is 1.29 bits per heavy atom. The van der Waals surface area contributed by atoms with Gasteiger partial charge in [0.25, 0.3) is 0 Å². The first-order chi connectivity index (χ1) is 11.3. The summed E-state index contributed by atoms with van der Waals surface area (Å²) in [5, 5.41) is 3.13. The van der Waals surface area contributed by atoms with Crippen LogP contribution in [0.15, 0.2) is 30.3 Å². The number of carbonyl (C=O) groups is 1. The number of likely N-dealkylation sites (tertiary alicyclic amines) is 1. The van der Waals surface area contributed by atoms with Gasteiger partial charge in [-0.1, -0.05) is 18.2 Å². The zero-order valence-corrected chi connectivity index (χ0v) is 14.0. The van der Waals surface area contributed by atoms with E-state index in [1.54, 1.807) is 17.9 Å². The molecule has 0 aromatic heterocycles. The van der Waals surface area contributed by atoms with Crippen LogP contribution in [-0.4, -0.2) is 37.5 Å². The summed E-state index contributed by atoms with van der Waals surface area (Å²) in [4.78, 5) is 14.1. The highest BCUT2D eigenvalue weighted by Crippen LogP contribution is 2.34. The normalized spacial score (nSPS) is 17.2. The smallest absolute Gasteiger partial charge is 0.339 e. The van der Waals surface area contributed by atoms with E-state index < -0.39 is 11.7 Å². The van der Waals surface area contributed by atoms with E-state index in [1.807, 2.05) is 7.05 Å². The molecular formula is C18H23F3N2O. The molecule has 1 saturated heterocycles. The number of nitrogens with one attached hydrogen (secondary N) is 1. The topological polar surface area (TPSA) is 32.3 Å². The fraction of sp³-hybridized carbons (Fsp3) is 0.500. The lowest BCUT2D eigenvalue weighted by molar-refractivity contribution is -0.137. The molecule has 6 heteroatoms. The number of hydrogen-bond donors (Lipinski definition) is 1. The number of piperidine rings is 1. The van der Waals surface area contributed by atoms with Gasteiger partial charge >= 0.3 is 6.18 Å². The minimum absolute atomic E-state index is 0.0587. The molecule has 0 saturated carbocycles. The van der Waals surface area contributed by atoms with Gasteiger partial charge in [0.1, 0.15) is 0 Å². The molecule has 1 heterocycles. The summed E-state index contributed by atoms with van der Waals surface area (Å²) < 4.78 is 39.3. The van der Waals surface area contributed by atoms with Crippen LogP contribution in [0.3, 0.4) is 0 Å². The van der Waals surface area contributed by atoms with Gasteiger partial charge in [-0.05, 0) is 56.5 Å². The number of carbonyl (C=O) groups excluding carboxylic acids is 1. The Labute approximate surface area is 140 Å². The van der Waals surface area contributed by atoms with Crippen LogP contribution in [0.25, 0.3) is 5.57 Å². The summed E-state index contributed by atoms with van der Waals surface area (Å²) in [6.07, 6.45) is -1.28. The Hall–Kier alpha value is -1.82. The van der Waals surface area contributed by atoms with E-state index in [2.05, 4.69) is 5.32 Å². The number of halogens is 3. The number of amides is 1. The van der Waals surface area contributed by atoms with Crippen LogP contribution in [0.1, 0.15) is 30.9 Å². The molecule has 1 amide bonds. The van der Waals surface area contributed by atoms with Gasteiger partial charge in [-0.3, -0.25) is 4.79 Å². The first-order valence-electron chi connectivity index (χ1n) is 8.11. The molecule has 3 nitrogen and oxygen atoms in total. The Morgan fingerprint density at radius 2 is 1.92 bits per heavy atom. The van der Waals surface area contributed by atoms with Gasteiger partial charge in [0.05, 0.1) is 5.56 Å². The maximum absolute atomic E-state index is 13.1. The van der Waals surface area contributed by atoms with Gasteiger partial charge in [-0.2, -0.15) is 13.2 Å². The summed E-state index contributed by atoms with van der Waals surface area (Å²) in [5.74, 6) is 0.336. The molecule has 0 unspecified atom stereocenters. The quantitative estimate of drug-likeness (QED) is 0.850. The van der Waals surface area contributed by atoms with Crippen LogP contribution in [-0.2, 0) is 11.0 Å². The second-order valence-corrected chi connectivity index (χ2v) is 6.20. The van der Waals surface area contributed by atoms with E-state index in [4.69, 9.17) is 0 Å². The van der Waals surface area contributed by atoms with E-state index in [0.717, 1.165) is 25.5 Å². The van der Waals surface area contributed by atoms with E-state index in [9.17, 15) is 18.0 Å². The van der Waals surface area contributed by atoms with E-state index >= 15 is 0 Å². The third-order valence-electron chi connectivity index (χ3n) is 4.42. The van der Waals surface area contributed by atoms with Crippen LogP contribution >= 0.6 is 0 Å². The van der Waals surface area contributed by atoms with E-state index in [-0.39, 0.29) is 11.5 Å². The molecule has 0 aliphatic carbocycles. The number of rotatable bonds is 4. The van der Waals surface area contributed by atoms with Crippen molar-refractivity contribution in [1.29, 1.82) is 0 Å². The lowest BCUT2D eigenvalue weighted by Gasteiger charge is -2.31. The van der Waals surface area contributed by atoms with Gasteiger partial charge < -0.3 is 10.2 Å². The van der Waals surface area contributed by atoms with Crippen molar-refractivity contribution in [3.05, 3.63) is 41.5 Å². The molecule has 1 N–H and O–H groups in total. The van der Waals surface area contributed by atoms with Crippen molar-refractivity contribution in [3.8, 4) is 0 Å². The number of hydrogen-bond acceptors (Lipinski definition) is 2. The first-order valence-corrected chi connectivity index (χ1v) is 8.11. The minimum atomic E-state index is -4.43. The Kier molecular flexibility index (Phi) is 6.04. The molecule has 0 radical (unpaired) electrons.